The van der Waals surface area contributed by atoms with Crippen LogP contribution in [0.5, 0.6) is 0 Å². The zero-order valence-electron chi connectivity index (χ0n) is 14.7. The van der Waals surface area contributed by atoms with E-state index in [4.69, 9.17) is 4.52 Å². The average Bonchev–Trinajstić information content (AvgIpc) is 3.25. The normalized spacial score (nSPS) is 16.4. The molecule has 0 saturated carbocycles. The molecule has 0 bridgehead atoms. The highest BCUT2D eigenvalue weighted by Gasteiger charge is 2.23. The number of hydrogen-bond donors (Lipinski definition) is 1. The Hall–Kier alpha value is -2.47. The summed E-state index contributed by atoms with van der Waals surface area (Å²) in [6.45, 7) is 7.06. The lowest BCUT2D eigenvalue weighted by Crippen LogP contribution is -2.32. The number of imidazole rings is 1. The third-order valence-electron chi connectivity index (χ3n) is 5.06. The predicted molar refractivity (Wildman–Crippen MR) is 95.0 cm³/mol. The van der Waals surface area contributed by atoms with Crippen LogP contribution in [0.4, 0.5) is 0 Å². The molecule has 0 radical (unpaired) electrons. The van der Waals surface area contributed by atoms with E-state index < -0.39 is 0 Å². The molecular weight excluding hydrogens is 314 g/mol. The van der Waals surface area contributed by atoms with Crippen LogP contribution in [-0.4, -0.2) is 38.1 Å². The van der Waals surface area contributed by atoms with Gasteiger partial charge in [-0.2, -0.15) is 0 Å². The summed E-state index contributed by atoms with van der Waals surface area (Å²) in [4.78, 5) is 14.4. The first kappa shape index (κ1) is 16.0. The summed E-state index contributed by atoms with van der Waals surface area (Å²) in [6.07, 6.45) is 7.82. The topological polar surface area (TPSA) is 70.8 Å². The first-order chi connectivity index (χ1) is 12.2. The van der Waals surface area contributed by atoms with Crippen LogP contribution >= 0.6 is 0 Å². The second-order valence-electron chi connectivity index (χ2n) is 6.80. The maximum Gasteiger partial charge on any atom is 0.141 e. The lowest BCUT2D eigenvalue weighted by Gasteiger charge is -2.31. The molecule has 1 N–H and O–H groups in total. The third kappa shape index (κ3) is 3.35. The first-order valence-corrected chi connectivity index (χ1v) is 8.79. The highest BCUT2D eigenvalue weighted by atomic mass is 16.5. The van der Waals surface area contributed by atoms with Crippen molar-refractivity contribution >= 4 is 0 Å². The fraction of sp³-hybridized carbons (Fsp3) is 0.421. The molecule has 130 valence electrons. The summed E-state index contributed by atoms with van der Waals surface area (Å²) >= 11 is 0. The van der Waals surface area contributed by atoms with Gasteiger partial charge >= 0.3 is 0 Å². The van der Waals surface area contributed by atoms with Gasteiger partial charge in [-0.3, -0.25) is 9.88 Å². The number of rotatable bonds is 4. The van der Waals surface area contributed by atoms with Crippen molar-refractivity contribution in [2.24, 2.45) is 0 Å². The second-order valence-corrected chi connectivity index (χ2v) is 6.80. The summed E-state index contributed by atoms with van der Waals surface area (Å²) in [7, 11) is 0. The molecule has 0 aliphatic carbocycles. The Labute approximate surface area is 147 Å². The van der Waals surface area contributed by atoms with Gasteiger partial charge in [0.1, 0.15) is 5.76 Å². The molecule has 1 saturated heterocycles. The number of aryl methyl sites for hydroxylation is 2. The lowest BCUT2D eigenvalue weighted by atomic mass is 9.91. The molecule has 6 nitrogen and oxygen atoms in total. The molecule has 6 heteroatoms. The number of hydrogen-bond acceptors (Lipinski definition) is 5. The minimum atomic E-state index is 0.512. The van der Waals surface area contributed by atoms with Crippen molar-refractivity contribution < 1.29 is 4.52 Å². The zero-order chi connectivity index (χ0) is 17.2. The Bertz CT molecular complexity index is 812. The number of aromatic amines is 1. The zero-order valence-corrected chi connectivity index (χ0v) is 14.7. The van der Waals surface area contributed by atoms with Crippen LogP contribution < -0.4 is 0 Å². The Morgan fingerprint density at radius 3 is 2.80 bits per heavy atom. The Morgan fingerprint density at radius 1 is 1.28 bits per heavy atom. The number of aromatic nitrogens is 4. The minimum absolute atomic E-state index is 0.512. The largest absolute Gasteiger partial charge is 0.361 e. The van der Waals surface area contributed by atoms with Gasteiger partial charge in [0.2, 0.25) is 0 Å². The predicted octanol–water partition coefficient (Wildman–Crippen LogP) is 3.46. The van der Waals surface area contributed by atoms with Crippen LogP contribution in [0, 0.1) is 13.8 Å². The van der Waals surface area contributed by atoms with Crippen LogP contribution in [-0.2, 0) is 6.54 Å². The van der Waals surface area contributed by atoms with Gasteiger partial charge in [0.25, 0.3) is 0 Å². The van der Waals surface area contributed by atoms with Gasteiger partial charge in [-0.15, -0.1) is 0 Å². The number of nitrogens with zero attached hydrogens (tertiary/aromatic N) is 4. The van der Waals surface area contributed by atoms with Gasteiger partial charge in [-0.05, 0) is 57.5 Å². The minimum Gasteiger partial charge on any atom is -0.361 e. The van der Waals surface area contributed by atoms with E-state index in [9.17, 15) is 0 Å². The third-order valence-corrected chi connectivity index (χ3v) is 5.06. The maximum absolute atomic E-state index is 5.31. The van der Waals surface area contributed by atoms with Crippen molar-refractivity contribution in [3.8, 4) is 11.1 Å². The fourth-order valence-electron chi connectivity index (χ4n) is 3.72. The molecule has 3 aromatic heterocycles. The van der Waals surface area contributed by atoms with Crippen LogP contribution in [0.25, 0.3) is 11.1 Å². The molecule has 0 unspecified atom stereocenters. The van der Waals surface area contributed by atoms with Crippen LogP contribution in [0.3, 0.4) is 0 Å². The number of nitrogens with one attached hydrogen (secondary N) is 1. The van der Waals surface area contributed by atoms with Crippen molar-refractivity contribution in [2.75, 3.05) is 13.1 Å². The summed E-state index contributed by atoms with van der Waals surface area (Å²) in [5.41, 5.74) is 5.54. The molecule has 0 amide bonds. The highest BCUT2D eigenvalue weighted by molar-refractivity contribution is 5.67. The molecule has 3 aromatic rings. The smallest absolute Gasteiger partial charge is 0.141 e. The molecule has 4 rings (SSSR count). The summed E-state index contributed by atoms with van der Waals surface area (Å²) in [5.74, 6) is 1.38. The van der Waals surface area contributed by atoms with Crippen LogP contribution in [0.15, 0.2) is 35.4 Å². The van der Waals surface area contributed by atoms with E-state index in [0.717, 1.165) is 55.1 Å². The highest BCUT2D eigenvalue weighted by Crippen LogP contribution is 2.32. The van der Waals surface area contributed by atoms with Gasteiger partial charge in [0.15, 0.2) is 0 Å². The molecule has 1 aliphatic heterocycles. The average molecular weight is 337 g/mol. The summed E-state index contributed by atoms with van der Waals surface area (Å²) < 4.78 is 5.31. The van der Waals surface area contributed by atoms with Crippen LogP contribution in [0.1, 0.15) is 41.6 Å². The van der Waals surface area contributed by atoms with Crippen molar-refractivity contribution in [1.29, 1.82) is 0 Å². The number of likely N-dealkylation sites (tertiary alicyclic amines) is 1. The summed E-state index contributed by atoms with van der Waals surface area (Å²) in [5, 5.41) is 4.07. The van der Waals surface area contributed by atoms with E-state index in [2.05, 4.69) is 31.1 Å². The Kier molecular flexibility index (Phi) is 4.36. The fourth-order valence-corrected chi connectivity index (χ4v) is 3.72. The van der Waals surface area contributed by atoms with Crippen molar-refractivity contribution in [1.82, 2.24) is 25.0 Å². The van der Waals surface area contributed by atoms with Crippen LogP contribution in [0.2, 0.25) is 0 Å². The van der Waals surface area contributed by atoms with E-state index in [1.54, 1.807) is 6.33 Å². The first-order valence-electron chi connectivity index (χ1n) is 8.79. The van der Waals surface area contributed by atoms with E-state index in [-0.39, 0.29) is 0 Å². The monoisotopic (exact) mass is 337 g/mol. The SMILES string of the molecule is Cc1noc(C)c1-c1ccnc(C2CCN(Cc3cnc[nH]3)CC2)c1. The van der Waals surface area contributed by atoms with E-state index >= 15 is 0 Å². The molecule has 25 heavy (non-hydrogen) atoms. The van der Waals surface area contributed by atoms with Gasteiger partial charge < -0.3 is 9.51 Å². The van der Waals surface area contributed by atoms with Gasteiger partial charge in [0.05, 0.1) is 12.0 Å². The maximum atomic E-state index is 5.31. The van der Waals surface area contributed by atoms with Gasteiger partial charge in [-0.1, -0.05) is 5.16 Å². The molecule has 0 spiro atoms. The molecular formula is C19H23N5O. The lowest BCUT2D eigenvalue weighted by molar-refractivity contribution is 0.201. The molecule has 0 aromatic carbocycles. The number of pyridine rings is 1. The van der Waals surface area contributed by atoms with E-state index in [1.807, 2.05) is 32.3 Å². The van der Waals surface area contributed by atoms with Crippen molar-refractivity contribution in [2.45, 2.75) is 39.2 Å². The molecule has 4 heterocycles. The molecule has 0 atom stereocenters. The Morgan fingerprint density at radius 2 is 2.12 bits per heavy atom. The van der Waals surface area contributed by atoms with Crippen molar-refractivity contribution in [3.63, 3.8) is 0 Å². The second kappa shape index (κ2) is 6.80. The van der Waals surface area contributed by atoms with Crippen molar-refractivity contribution in [3.05, 3.63) is 53.7 Å². The Balaban J connectivity index is 1.46. The summed E-state index contributed by atoms with van der Waals surface area (Å²) in [6, 6.07) is 4.26. The van der Waals surface area contributed by atoms with E-state index in [0.29, 0.717) is 5.92 Å². The van der Waals surface area contributed by atoms with Gasteiger partial charge in [-0.25, -0.2) is 4.98 Å². The van der Waals surface area contributed by atoms with E-state index in [1.165, 1.54) is 11.4 Å². The van der Waals surface area contributed by atoms with Gasteiger partial charge in [0, 0.05) is 41.8 Å². The molecule has 1 aliphatic rings. The molecule has 1 fully saturated rings. The number of piperidine rings is 1. The standard InChI is InChI=1S/C19H23N5O/c1-13-19(14(2)25-23-13)16-3-6-21-18(9-16)15-4-7-24(8-5-15)11-17-10-20-12-22-17/h3,6,9-10,12,15H,4-5,7-8,11H2,1-2H3,(H,20,22). The number of H-pyrrole nitrogens is 1. The quantitative estimate of drug-likeness (QED) is 0.789.